The van der Waals surface area contributed by atoms with E-state index in [0.717, 1.165) is 22.4 Å². The molecule has 0 radical (unpaired) electrons. The number of nitrogens with one attached hydrogen (secondary N) is 2. The van der Waals surface area contributed by atoms with Gasteiger partial charge in [0, 0.05) is 18.3 Å². The van der Waals surface area contributed by atoms with Crippen LogP contribution in [0.25, 0.3) is 0 Å². The van der Waals surface area contributed by atoms with E-state index in [1.807, 2.05) is 44.2 Å². The van der Waals surface area contributed by atoms with Crippen LogP contribution in [-0.4, -0.2) is 23.8 Å². The van der Waals surface area contributed by atoms with E-state index in [2.05, 4.69) is 10.6 Å². The third-order valence-electron chi connectivity index (χ3n) is 4.72. The molecule has 23 heavy (non-hydrogen) atoms. The Morgan fingerprint density at radius 2 is 1.83 bits per heavy atom. The van der Waals surface area contributed by atoms with Crippen LogP contribution in [0.15, 0.2) is 36.4 Å². The summed E-state index contributed by atoms with van der Waals surface area (Å²) in [6.45, 7) is 3.95. The third kappa shape index (κ3) is 1.62. The van der Waals surface area contributed by atoms with Crippen molar-refractivity contribution in [3.8, 4) is 0 Å². The number of carbonyl (C=O) groups excluding carboxylic acids is 2. The van der Waals surface area contributed by atoms with Gasteiger partial charge in [0.15, 0.2) is 0 Å². The van der Waals surface area contributed by atoms with Crippen LogP contribution >= 0.6 is 0 Å². The number of fused-ring (bicyclic) bond motifs is 3. The lowest BCUT2D eigenvalue weighted by atomic mass is 9.91. The molecule has 2 N–H and O–H groups in total. The Kier molecular flexibility index (Phi) is 2.61. The van der Waals surface area contributed by atoms with Crippen molar-refractivity contribution in [2.75, 3.05) is 17.7 Å². The topological polar surface area (TPSA) is 61.4 Å². The lowest BCUT2D eigenvalue weighted by Crippen LogP contribution is -2.59. The van der Waals surface area contributed by atoms with Gasteiger partial charge in [-0.1, -0.05) is 23.8 Å². The quantitative estimate of drug-likeness (QED) is 0.786. The zero-order valence-electron chi connectivity index (χ0n) is 13.2. The predicted octanol–water partition coefficient (Wildman–Crippen LogP) is 2.61. The average molecular weight is 307 g/mol. The number of rotatable bonds is 0. The van der Waals surface area contributed by atoms with Crippen LogP contribution in [0.4, 0.5) is 11.4 Å². The Bertz CT molecular complexity index is 875. The van der Waals surface area contributed by atoms with Gasteiger partial charge in [-0.05, 0) is 37.6 Å². The number of para-hydroxylation sites is 1. The van der Waals surface area contributed by atoms with Gasteiger partial charge >= 0.3 is 0 Å². The molecule has 2 aromatic rings. The molecule has 1 atom stereocenters. The monoisotopic (exact) mass is 307 g/mol. The molecule has 2 amide bonds. The second-order valence-corrected chi connectivity index (χ2v) is 6.20. The van der Waals surface area contributed by atoms with Gasteiger partial charge in [0.2, 0.25) is 5.66 Å². The second kappa shape index (κ2) is 4.35. The number of aryl methyl sites for hydroxylation is 2. The molecule has 0 unspecified atom stereocenters. The summed E-state index contributed by atoms with van der Waals surface area (Å²) < 4.78 is 0. The zero-order chi connectivity index (χ0) is 16.4. The van der Waals surface area contributed by atoms with Gasteiger partial charge in [0.05, 0.1) is 11.3 Å². The molecule has 0 fully saturated rings. The maximum Gasteiger partial charge on any atom is 0.276 e. The Hall–Kier alpha value is -2.82. The van der Waals surface area contributed by atoms with Crippen molar-refractivity contribution in [3.05, 3.63) is 58.7 Å². The number of anilines is 2. The molecule has 0 saturated carbocycles. The second-order valence-electron chi connectivity index (χ2n) is 6.20. The van der Waals surface area contributed by atoms with Gasteiger partial charge < -0.3 is 15.5 Å². The fourth-order valence-electron chi connectivity index (χ4n) is 3.59. The molecule has 4 rings (SSSR count). The van der Waals surface area contributed by atoms with Gasteiger partial charge in [-0.15, -0.1) is 0 Å². The smallest absolute Gasteiger partial charge is 0.276 e. The van der Waals surface area contributed by atoms with Gasteiger partial charge in [-0.3, -0.25) is 9.59 Å². The minimum Gasteiger partial charge on any atom is -0.350 e. The van der Waals surface area contributed by atoms with E-state index in [-0.39, 0.29) is 11.8 Å². The molecule has 0 saturated heterocycles. The highest BCUT2D eigenvalue weighted by Crippen LogP contribution is 2.45. The summed E-state index contributed by atoms with van der Waals surface area (Å²) in [6.07, 6.45) is 0. The number of likely N-dealkylation sites (N-methyl/N-ethyl adjacent to an activating group) is 1. The first kappa shape index (κ1) is 13.8. The fourth-order valence-corrected chi connectivity index (χ4v) is 3.59. The van der Waals surface area contributed by atoms with Crippen molar-refractivity contribution in [1.29, 1.82) is 0 Å². The van der Waals surface area contributed by atoms with E-state index in [4.69, 9.17) is 0 Å². The minimum atomic E-state index is -1.20. The summed E-state index contributed by atoms with van der Waals surface area (Å²) >= 11 is 0. The number of amides is 2. The fraction of sp³-hybridized carbons (Fsp3) is 0.222. The Morgan fingerprint density at radius 1 is 1.09 bits per heavy atom. The van der Waals surface area contributed by atoms with Crippen LogP contribution < -0.4 is 10.6 Å². The van der Waals surface area contributed by atoms with Gasteiger partial charge in [-0.25, -0.2) is 0 Å². The number of benzene rings is 2. The molecular weight excluding hydrogens is 290 g/mol. The highest BCUT2D eigenvalue weighted by atomic mass is 16.2. The SMILES string of the molecule is Cc1cc(C)c2c(c1)[C@@]1(Nc3ccccc3C(=O)N1C)C(=O)N2. The molecule has 2 aliphatic rings. The number of nitrogens with zero attached hydrogens (tertiary/aromatic N) is 1. The number of hydrogen-bond donors (Lipinski definition) is 2. The molecule has 2 heterocycles. The molecule has 5 heteroatoms. The summed E-state index contributed by atoms with van der Waals surface area (Å²) in [5.41, 5.74) is 3.68. The molecule has 0 bridgehead atoms. The van der Waals surface area contributed by atoms with E-state index < -0.39 is 5.66 Å². The first-order chi connectivity index (χ1) is 10.9. The van der Waals surface area contributed by atoms with Crippen molar-refractivity contribution >= 4 is 23.2 Å². The zero-order valence-corrected chi connectivity index (χ0v) is 13.2. The van der Waals surface area contributed by atoms with Crippen LogP contribution in [0.3, 0.4) is 0 Å². The highest BCUT2D eigenvalue weighted by Gasteiger charge is 2.55. The van der Waals surface area contributed by atoms with Gasteiger partial charge in [0.1, 0.15) is 0 Å². The van der Waals surface area contributed by atoms with E-state index >= 15 is 0 Å². The van der Waals surface area contributed by atoms with Crippen molar-refractivity contribution in [1.82, 2.24) is 4.90 Å². The van der Waals surface area contributed by atoms with E-state index in [0.29, 0.717) is 11.3 Å². The summed E-state index contributed by atoms with van der Waals surface area (Å²) in [5.74, 6) is -0.395. The van der Waals surface area contributed by atoms with Crippen LogP contribution in [0, 0.1) is 13.8 Å². The normalized spacial score (nSPS) is 21.8. The lowest BCUT2D eigenvalue weighted by molar-refractivity contribution is -0.124. The summed E-state index contributed by atoms with van der Waals surface area (Å²) in [6, 6.07) is 11.3. The summed E-state index contributed by atoms with van der Waals surface area (Å²) in [5, 5.41) is 6.25. The largest absolute Gasteiger partial charge is 0.350 e. The number of hydrogen-bond acceptors (Lipinski definition) is 3. The van der Waals surface area contributed by atoms with E-state index in [1.165, 1.54) is 4.90 Å². The van der Waals surface area contributed by atoms with Gasteiger partial charge in [-0.2, -0.15) is 0 Å². The Labute approximate surface area is 134 Å². The maximum atomic E-state index is 12.9. The van der Waals surface area contributed by atoms with Crippen LogP contribution in [-0.2, 0) is 10.5 Å². The van der Waals surface area contributed by atoms with Crippen LogP contribution in [0.1, 0.15) is 27.0 Å². The highest BCUT2D eigenvalue weighted by molar-refractivity contribution is 6.14. The van der Waals surface area contributed by atoms with E-state index in [9.17, 15) is 9.59 Å². The molecule has 2 aromatic carbocycles. The van der Waals surface area contributed by atoms with Crippen LogP contribution in [0.2, 0.25) is 0 Å². The third-order valence-corrected chi connectivity index (χ3v) is 4.72. The molecule has 1 spiro atoms. The molecule has 2 aliphatic heterocycles. The maximum absolute atomic E-state index is 12.9. The van der Waals surface area contributed by atoms with E-state index in [1.54, 1.807) is 13.1 Å². The molecule has 5 nitrogen and oxygen atoms in total. The van der Waals surface area contributed by atoms with Gasteiger partial charge in [0.25, 0.3) is 11.8 Å². The summed E-state index contributed by atoms with van der Waals surface area (Å²) in [4.78, 5) is 27.2. The lowest BCUT2D eigenvalue weighted by Gasteiger charge is -2.42. The van der Waals surface area contributed by atoms with Crippen molar-refractivity contribution in [2.24, 2.45) is 0 Å². The molecular formula is C18H17N3O2. The summed E-state index contributed by atoms with van der Waals surface area (Å²) in [7, 11) is 1.66. The predicted molar refractivity (Wildman–Crippen MR) is 88.4 cm³/mol. The Balaban J connectivity index is 2.00. The van der Waals surface area contributed by atoms with Crippen molar-refractivity contribution < 1.29 is 9.59 Å². The first-order valence-corrected chi connectivity index (χ1v) is 7.53. The number of carbonyl (C=O) groups is 2. The average Bonchev–Trinajstić information content (AvgIpc) is 2.79. The molecule has 0 aromatic heterocycles. The van der Waals surface area contributed by atoms with Crippen molar-refractivity contribution in [2.45, 2.75) is 19.5 Å². The Morgan fingerprint density at radius 3 is 2.61 bits per heavy atom. The molecule has 0 aliphatic carbocycles. The first-order valence-electron chi connectivity index (χ1n) is 7.53. The standard InChI is InChI=1S/C18H17N3O2/c1-10-8-11(2)15-13(9-10)18(17(23)19-15)20-14-7-5-4-6-12(14)16(22)21(18)3/h4-9,20H,1-3H3,(H,19,23)/t18-/m0/s1. The van der Waals surface area contributed by atoms with Crippen LogP contribution in [0.5, 0.6) is 0 Å². The van der Waals surface area contributed by atoms with Crippen molar-refractivity contribution in [3.63, 3.8) is 0 Å². The minimum absolute atomic E-state index is 0.165. The molecule has 116 valence electrons.